The van der Waals surface area contributed by atoms with Gasteiger partial charge in [-0.05, 0) is 29.3 Å². The van der Waals surface area contributed by atoms with Crippen LogP contribution < -0.4 is 9.47 Å². The summed E-state index contributed by atoms with van der Waals surface area (Å²) in [6.45, 7) is -3.04. The molecule has 0 fully saturated rings. The molecule has 0 spiro atoms. The number of esters is 1. The Labute approximate surface area is 143 Å². The second-order valence-electron chi connectivity index (χ2n) is 4.93. The Morgan fingerprint density at radius 1 is 1.20 bits per heavy atom. The first-order valence-electron chi connectivity index (χ1n) is 7.29. The molecule has 0 atom stereocenters. The number of hydrogen-bond donors (Lipinski definition) is 0. The van der Waals surface area contributed by atoms with Crippen LogP contribution in [0.5, 0.6) is 11.5 Å². The summed E-state index contributed by atoms with van der Waals surface area (Å²) in [7, 11) is 1.32. The third kappa shape index (κ3) is 4.91. The topological polar surface area (TPSA) is 68.5 Å². The lowest BCUT2D eigenvalue weighted by molar-refractivity contribution is -0.0512. The van der Waals surface area contributed by atoms with Crippen molar-refractivity contribution in [2.45, 2.75) is 19.6 Å². The molecular weight excluding hydrogens is 332 g/mol. The minimum Gasteiger partial charge on any atom is -0.493 e. The molecule has 0 amide bonds. The highest BCUT2D eigenvalue weighted by atomic mass is 19.3. The summed E-state index contributed by atoms with van der Waals surface area (Å²) in [5, 5.41) is 8.80. The van der Waals surface area contributed by atoms with E-state index in [1.165, 1.54) is 25.3 Å². The maximum absolute atomic E-state index is 12.3. The standard InChI is InChI=1S/C18H15F2NO4/c1-23-16-10-12(6-7-15(16)25-18(19)20)11-24-17(22)14-5-3-2-4-13(14)8-9-21/h2-7,10,18H,8,11H2,1H3. The molecule has 25 heavy (non-hydrogen) atoms. The van der Waals surface area contributed by atoms with Crippen molar-refractivity contribution in [1.29, 1.82) is 5.26 Å². The normalized spacial score (nSPS) is 10.2. The number of nitrogens with zero attached hydrogens (tertiary/aromatic N) is 1. The van der Waals surface area contributed by atoms with Gasteiger partial charge in [-0.2, -0.15) is 14.0 Å². The molecule has 2 aromatic rings. The van der Waals surface area contributed by atoms with Gasteiger partial charge in [-0.25, -0.2) is 4.79 Å². The number of carbonyl (C=O) groups excluding carboxylic acids is 1. The highest BCUT2D eigenvalue weighted by molar-refractivity contribution is 5.91. The maximum Gasteiger partial charge on any atom is 0.387 e. The van der Waals surface area contributed by atoms with Crippen molar-refractivity contribution in [2.24, 2.45) is 0 Å². The number of ether oxygens (including phenoxy) is 3. The fraction of sp³-hybridized carbons (Fsp3) is 0.222. The first-order valence-corrected chi connectivity index (χ1v) is 7.29. The summed E-state index contributed by atoms with van der Waals surface area (Å²) < 4.78 is 39.2. The van der Waals surface area contributed by atoms with Gasteiger partial charge in [0, 0.05) is 0 Å². The van der Waals surface area contributed by atoms with E-state index >= 15 is 0 Å². The summed E-state index contributed by atoms with van der Waals surface area (Å²) in [4.78, 5) is 12.2. The molecule has 2 rings (SSSR count). The van der Waals surface area contributed by atoms with Crippen molar-refractivity contribution in [1.82, 2.24) is 0 Å². The monoisotopic (exact) mass is 347 g/mol. The Kier molecular flexibility index (Phi) is 6.29. The number of rotatable bonds is 7. The van der Waals surface area contributed by atoms with Crippen LogP contribution in [-0.4, -0.2) is 19.7 Å². The molecule has 0 N–H and O–H groups in total. The third-order valence-electron chi connectivity index (χ3n) is 3.32. The van der Waals surface area contributed by atoms with Crippen molar-refractivity contribution < 1.29 is 27.8 Å². The second kappa shape index (κ2) is 8.64. The highest BCUT2D eigenvalue weighted by Crippen LogP contribution is 2.29. The van der Waals surface area contributed by atoms with E-state index in [9.17, 15) is 13.6 Å². The van der Waals surface area contributed by atoms with Crippen LogP contribution in [0.3, 0.4) is 0 Å². The van der Waals surface area contributed by atoms with Gasteiger partial charge in [0.15, 0.2) is 11.5 Å². The number of benzene rings is 2. The van der Waals surface area contributed by atoms with E-state index in [0.717, 1.165) is 0 Å². The minimum atomic E-state index is -2.96. The second-order valence-corrected chi connectivity index (χ2v) is 4.93. The first-order chi connectivity index (χ1) is 12.0. The van der Waals surface area contributed by atoms with Gasteiger partial charge in [-0.1, -0.05) is 24.3 Å². The van der Waals surface area contributed by atoms with E-state index in [1.54, 1.807) is 24.3 Å². The molecule has 5 nitrogen and oxygen atoms in total. The van der Waals surface area contributed by atoms with Gasteiger partial charge < -0.3 is 14.2 Å². The Balaban J connectivity index is 2.08. The summed E-state index contributed by atoms with van der Waals surface area (Å²) in [5.74, 6) is -0.566. The number of hydrogen-bond acceptors (Lipinski definition) is 5. The van der Waals surface area contributed by atoms with Crippen LogP contribution >= 0.6 is 0 Å². The van der Waals surface area contributed by atoms with E-state index in [0.29, 0.717) is 16.7 Å². The fourth-order valence-electron chi connectivity index (χ4n) is 2.18. The lowest BCUT2D eigenvalue weighted by atomic mass is 10.1. The lowest BCUT2D eigenvalue weighted by Crippen LogP contribution is -2.08. The summed E-state index contributed by atoms with van der Waals surface area (Å²) in [6, 6.07) is 12.9. The average Bonchev–Trinajstić information content (AvgIpc) is 2.61. The highest BCUT2D eigenvalue weighted by Gasteiger charge is 2.14. The first kappa shape index (κ1) is 18.2. The number of carbonyl (C=O) groups is 1. The molecule has 0 saturated carbocycles. The van der Waals surface area contributed by atoms with Crippen LogP contribution in [0, 0.1) is 11.3 Å². The Morgan fingerprint density at radius 2 is 1.96 bits per heavy atom. The Morgan fingerprint density at radius 3 is 2.64 bits per heavy atom. The smallest absolute Gasteiger partial charge is 0.387 e. The van der Waals surface area contributed by atoms with Crippen molar-refractivity contribution in [3.8, 4) is 17.6 Å². The zero-order valence-electron chi connectivity index (χ0n) is 13.4. The average molecular weight is 347 g/mol. The lowest BCUT2D eigenvalue weighted by Gasteiger charge is -2.12. The van der Waals surface area contributed by atoms with Gasteiger partial charge in [0.1, 0.15) is 6.61 Å². The predicted octanol–water partition coefficient (Wildman–Crippen LogP) is 3.72. The van der Waals surface area contributed by atoms with Gasteiger partial charge in [-0.15, -0.1) is 0 Å². The van der Waals surface area contributed by atoms with Crippen LogP contribution in [-0.2, 0) is 17.8 Å². The molecule has 0 bridgehead atoms. The summed E-state index contributed by atoms with van der Waals surface area (Å²) in [5.41, 5.74) is 1.44. The molecule has 7 heteroatoms. The SMILES string of the molecule is COc1cc(COC(=O)c2ccccc2CC#N)ccc1OC(F)F. The van der Waals surface area contributed by atoms with Gasteiger partial charge in [0.25, 0.3) is 0 Å². The minimum absolute atomic E-state index is 0.0783. The number of halogens is 2. The van der Waals surface area contributed by atoms with Crippen LogP contribution in [0.4, 0.5) is 8.78 Å². The zero-order valence-corrected chi connectivity index (χ0v) is 13.4. The van der Waals surface area contributed by atoms with E-state index in [-0.39, 0.29) is 24.5 Å². The van der Waals surface area contributed by atoms with Crippen LogP contribution in [0.25, 0.3) is 0 Å². The van der Waals surface area contributed by atoms with E-state index in [1.807, 2.05) is 6.07 Å². The predicted molar refractivity (Wildman–Crippen MR) is 84.5 cm³/mol. The van der Waals surface area contributed by atoms with Crippen LogP contribution in [0.15, 0.2) is 42.5 Å². The molecule has 0 aromatic heterocycles. The third-order valence-corrected chi connectivity index (χ3v) is 3.32. The van der Waals surface area contributed by atoms with Gasteiger partial charge >= 0.3 is 12.6 Å². The van der Waals surface area contributed by atoms with Crippen molar-refractivity contribution >= 4 is 5.97 Å². The zero-order chi connectivity index (χ0) is 18.2. The molecule has 0 aliphatic heterocycles. The Bertz CT molecular complexity index is 787. The molecule has 0 aliphatic carbocycles. The molecule has 0 aliphatic rings. The van der Waals surface area contributed by atoms with Crippen LogP contribution in [0.2, 0.25) is 0 Å². The van der Waals surface area contributed by atoms with Gasteiger partial charge in [0.2, 0.25) is 0 Å². The van der Waals surface area contributed by atoms with Crippen molar-refractivity contribution in [2.75, 3.05) is 7.11 Å². The summed E-state index contributed by atoms with van der Waals surface area (Å²) in [6.07, 6.45) is 0.0960. The van der Waals surface area contributed by atoms with E-state index < -0.39 is 12.6 Å². The molecular formula is C18H15F2NO4. The quantitative estimate of drug-likeness (QED) is 0.714. The van der Waals surface area contributed by atoms with Crippen molar-refractivity contribution in [3.63, 3.8) is 0 Å². The summed E-state index contributed by atoms with van der Waals surface area (Å²) >= 11 is 0. The molecule has 0 radical (unpaired) electrons. The number of nitriles is 1. The number of alkyl halides is 2. The maximum atomic E-state index is 12.3. The fourth-order valence-corrected chi connectivity index (χ4v) is 2.18. The van der Waals surface area contributed by atoms with Gasteiger partial charge in [0.05, 0.1) is 25.2 Å². The van der Waals surface area contributed by atoms with Gasteiger partial charge in [-0.3, -0.25) is 0 Å². The molecule has 0 saturated heterocycles. The molecule has 0 heterocycles. The molecule has 130 valence electrons. The van der Waals surface area contributed by atoms with Crippen LogP contribution in [0.1, 0.15) is 21.5 Å². The number of methoxy groups -OCH3 is 1. The van der Waals surface area contributed by atoms with E-state index in [2.05, 4.69) is 4.74 Å². The van der Waals surface area contributed by atoms with Crippen molar-refractivity contribution in [3.05, 3.63) is 59.2 Å². The molecule has 0 unspecified atom stereocenters. The largest absolute Gasteiger partial charge is 0.493 e. The Hall–Kier alpha value is -3.14. The molecule has 2 aromatic carbocycles. The van der Waals surface area contributed by atoms with E-state index in [4.69, 9.17) is 14.7 Å².